The molecule has 0 unspecified atom stereocenters. The monoisotopic (exact) mass is 385 g/mol. The number of aryl methyl sites for hydroxylation is 4. The Morgan fingerprint density at radius 2 is 1.76 bits per heavy atom. The lowest BCUT2D eigenvalue weighted by Crippen LogP contribution is -1.99. The minimum atomic E-state index is 0.300. The van der Waals surface area contributed by atoms with Gasteiger partial charge in [0.1, 0.15) is 5.75 Å². The van der Waals surface area contributed by atoms with E-state index >= 15 is 0 Å². The van der Waals surface area contributed by atoms with E-state index in [9.17, 15) is 5.11 Å². The quantitative estimate of drug-likeness (QED) is 0.476. The average Bonchev–Trinajstić information content (AvgIpc) is 2.67. The molecule has 0 atom stereocenters. The largest absolute Gasteiger partial charge is 0.508 e. The second-order valence-corrected chi connectivity index (χ2v) is 7.95. The molecule has 0 aliphatic rings. The van der Waals surface area contributed by atoms with Gasteiger partial charge in [-0.25, -0.2) is 0 Å². The predicted molar refractivity (Wildman–Crippen MR) is 123 cm³/mol. The van der Waals surface area contributed by atoms with Crippen LogP contribution in [0.4, 0.5) is 0 Å². The Kier molecular flexibility index (Phi) is 6.53. The summed E-state index contributed by atoms with van der Waals surface area (Å²) in [7, 11) is 0. The summed E-state index contributed by atoms with van der Waals surface area (Å²) in [4.78, 5) is 4.63. The molecule has 0 radical (unpaired) electrons. The molecule has 1 N–H and O–H groups in total. The number of phenolic OH excluding ortho intramolecular Hbond substituents is 1. The molecule has 1 heterocycles. The van der Waals surface area contributed by atoms with Crippen molar-refractivity contribution < 1.29 is 5.11 Å². The standard InChI is InChI=1S/C27H31NO/c1-6-7-8-22-17-24(27-13-9-20(4)28-21(27)5)11-10-23(22)15-18(2)26-14-12-25(29)16-19(26)3/h9-14,16-17,29H,2,6-8,15H2,1,3-5H3. The molecule has 2 heteroatoms. The SMILES string of the molecule is C=C(Cc1ccc(-c2ccc(C)nc2C)cc1CCCC)c1ccc(O)cc1C. The van der Waals surface area contributed by atoms with Gasteiger partial charge >= 0.3 is 0 Å². The number of hydrogen-bond donors (Lipinski definition) is 1. The van der Waals surface area contributed by atoms with E-state index in [1.54, 1.807) is 12.1 Å². The van der Waals surface area contributed by atoms with Gasteiger partial charge in [0.25, 0.3) is 0 Å². The zero-order valence-corrected chi connectivity index (χ0v) is 18.0. The molecule has 0 amide bonds. The number of aromatic nitrogens is 1. The van der Waals surface area contributed by atoms with Crippen molar-refractivity contribution in [3.05, 3.63) is 88.8 Å². The van der Waals surface area contributed by atoms with Gasteiger partial charge in [0, 0.05) is 17.0 Å². The third kappa shape index (κ3) is 4.95. The molecular formula is C27H31NO. The zero-order valence-electron chi connectivity index (χ0n) is 18.0. The Labute approximate surface area is 175 Å². The van der Waals surface area contributed by atoms with Gasteiger partial charge in [-0.3, -0.25) is 4.98 Å². The molecule has 0 bridgehead atoms. The first kappa shape index (κ1) is 20.9. The van der Waals surface area contributed by atoms with Crippen molar-refractivity contribution in [2.75, 3.05) is 0 Å². The summed E-state index contributed by atoms with van der Waals surface area (Å²) in [6.45, 7) is 12.7. The second kappa shape index (κ2) is 9.09. The van der Waals surface area contributed by atoms with Crippen molar-refractivity contribution in [1.29, 1.82) is 0 Å². The Morgan fingerprint density at radius 1 is 0.966 bits per heavy atom. The number of benzene rings is 2. The van der Waals surface area contributed by atoms with E-state index in [1.807, 2.05) is 19.9 Å². The van der Waals surface area contributed by atoms with Gasteiger partial charge in [0.2, 0.25) is 0 Å². The molecular weight excluding hydrogens is 354 g/mol. The summed E-state index contributed by atoms with van der Waals surface area (Å²) in [5.41, 5.74) is 10.5. The summed E-state index contributed by atoms with van der Waals surface area (Å²) < 4.78 is 0. The highest BCUT2D eigenvalue weighted by Crippen LogP contribution is 2.30. The molecule has 3 aromatic rings. The first-order valence-corrected chi connectivity index (χ1v) is 10.4. The van der Waals surface area contributed by atoms with E-state index in [4.69, 9.17) is 0 Å². The molecule has 3 rings (SSSR count). The van der Waals surface area contributed by atoms with Crippen LogP contribution in [0.2, 0.25) is 0 Å². The highest BCUT2D eigenvalue weighted by atomic mass is 16.3. The number of unbranched alkanes of at least 4 members (excludes halogenated alkanes) is 1. The van der Waals surface area contributed by atoms with Gasteiger partial charge in [0.15, 0.2) is 0 Å². The molecule has 0 aliphatic heterocycles. The van der Waals surface area contributed by atoms with Crippen molar-refractivity contribution >= 4 is 5.57 Å². The zero-order chi connectivity index (χ0) is 21.0. The van der Waals surface area contributed by atoms with Crippen molar-refractivity contribution in [1.82, 2.24) is 4.98 Å². The van der Waals surface area contributed by atoms with Crippen LogP contribution in [-0.2, 0) is 12.8 Å². The van der Waals surface area contributed by atoms with E-state index in [0.717, 1.165) is 40.9 Å². The summed E-state index contributed by atoms with van der Waals surface area (Å²) in [5.74, 6) is 0.300. The topological polar surface area (TPSA) is 33.1 Å². The van der Waals surface area contributed by atoms with Crippen LogP contribution in [0.15, 0.2) is 55.1 Å². The molecule has 150 valence electrons. The van der Waals surface area contributed by atoms with Gasteiger partial charge in [-0.2, -0.15) is 0 Å². The number of hydrogen-bond acceptors (Lipinski definition) is 2. The van der Waals surface area contributed by atoms with Crippen molar-refractivity contribution in [3.63, 3.8) is 0 Å². The van der Waals surface area contributed by atoms with Crippen LogP contribution in [0, 0.1) is 20.8 Å². The molecule has 1 aromatic heterocycles. The van der Waals surface area contributed by atoms with Gasteiger partial charge in [-0.1, -0.05) is 50.3 Å². The van der Waals surface area contributed by atoms with E-state index in [-0.39, 0.29) is 0 Å². The van der Waals surface area contributed by atoms with Gasteiger partial charge < -0.3 is 5.11 Å². The predicted octanol–water partition coefficient (Wildman–Crippen LogP) is 6.98. The first-order chi connectivity index (χ1) is 13.9. The second-order valence-electron chi connectivity index (χ2n) is 7.95. The van der Waals surface area contributed by atoms with Crippen LogP contribution in [-0.4, -0.2) is 10.1 Å². The lowest BCUT2D eigenvalue weighted by atomic mass is 9.90. The van der Waals surface area contributed by atoms with Crippen LogP contribution >= 0.6 is 0 Å². The van der Waals surface area contributed by atoms with Crippen LogP contribution in [0.25, 0.3) is 16.7 Å². The first-order valence-electron chi connectivity index (χ1n) is 10.4. The molecule has 0 saturated heterocycles. The Hall–Kier alpha value is -2.87. The summed E-state index contributed by atoms with van der Waals surface area (Å²) in [6.07, 6.45) is 4.23. The summed E-state index contributed by atoms with van der Waals surface area (Å²) in [6, 6.07) is 16.6. The number of nitrogens with zero attached hydrogens (tertiary/aromatic N) is 1. The fourth-order valence-electron chi connectivity index (χ4n) is 3.93. The van der Waals surface area contributed by atoms with E-state index in [0.29, 0.717) is 5.75 Å². The summed E-state index contributed by atoms with van der Waals surface area (Å²) >= 11 is 0. The summed E-state index contributed by atoms with van der Waals surface area (Å²) in [5, 5.41) is 9.69. The lowest BCUT2D eigenvalue weighted by Gasteiger charge is -2.16. The number of rotatable bonds is 7. The Bertz CT molecular complexity index is 1030. The van der Waals surface area contributed by atoms with Crippen molar-refractivity contribution in [2.24, 2.45) is 0 Å². The highest BCUT2D eigenvalue weighted by Gasteiger charge is 2.11. The van der Waals surface area contributed by atoms with Crippen LogP contribution in [0.3, 0.4) is 0 Å². The molecule has 0 aliphatic carbocycles. The van der Waals surface area contributed by atoms with Crippen molar-refractivity contribution in [3.8, 4) is 16.9 Å². The fraction of sp³-hybridized carbons (Fsp3) is 0.296. The minimum absolute atomic E-state index is 0.300. The van der Waals surface area contributed by atoms with Gasteiger partial charge in [-0.05, 0) is 91.6 Å². The Morgan fingerprint density at radius 3 is 2.45 bits per heavy atom. The maximum Gasteiger partial charge on any atom is 0.115 e. The number of pyridine rings is 1. The highest BCUT2D eigenvalue weighted by molar-refractivity contribution is 5.71. The molecule has 0 spiro atoms. The third-order valence-electron chi connectivity index (χ3n) is 5.54. The van der Waals surface area contributed by atoms with E-state index < -0.39 is 0 Å². The van der Waals surface area contributed by atoms with Crippen LogP contribution in [0.1, 0.15) is 53.4 Å². The van der Waals surface area contributed by atoms with Crippen LogP contribution < -0.4 is 0 Å². The van der Waals surface area contributed by atoms with Crippen LogP contribution in [0.5, 0.6) is 5.75 Å². The fourth-order valence-corrected chi connectivity index (χ4v) is 3.93. The molecule has 0 fully saturated rings. The molecule has 0 saturated carbocycles. The van der Waals surface area contributed by atoms with Crippen molar-refractivity contribution in [2.45, 2.75) is 53.4 Å². The average molecular weight is 386 g/mol. The maximum absolute atomic E-state index is 9.69. The van der Waals surface area contributed by atoms with Gasteiger partial charge in [-0.15, -0.1) is 0 Å². The number of phenols is 1. The third-order valence-corrected chi connectivity index (χ3v) is 5.54. The maximum atomic E-state index is 9.69. The lowest BCUT2D eigenvalue weighted by molar-refractivity contribution is 0.475. The number of aromatic hydroxyl groups is 1. The minimum Gasteiger partial charge on any atom is -0.508 e. The number of allylic oxidation sites excluding steroid dienone is 1. The van der Waals surface area contributed by atoms with E-state index in [1.165, 1.54) is 35.1 Å². The van der Waals surface area contributed by atoms with E-state index in [2.05, 4.69) is 55.7 Å². The smallest absolute Gasteiger partial charge is 0.115 e. The Balaban J connectivity index is 1.94. The molecule has 2 aromatic carbocycles. The van der Waals surface area contributed by atoms with Gasteiger partial charge in [0.05, 0.1) is 0 Å². The normalized spacial score (nSPS) is 10.9. The molecule has 29 heavy (non-hydrogen) atoms. The molecule has 2 nitrogen and oxygen atoms in total.